The Morgan fingerprint density at radius 3 is 2.76 bits per heavy atom. The number of benzene rings is 1. The van der Waals surface area contributed by atoms with Crippen molar-refractivity contribution in [1.82, 2.24) is 5.32 Å². The van der Waals surface area contributed by atoms with Crippen molar-refractivity contribution in [2.45, 2.75) is 13.0 Å². The normalized spacial score (nSPS) is 11.9. The molecular formula is C10H11FN2O4. The molecular weight excluding hydrogens is 231 g/mol. The molecule has 0 aromatic heterocycles. The third kappa shape index (κ3) is 3.22. The second-order valence-electron chi connectivity index (χ2n) is 3.48. The number of halogens is 1. The van der Waals surface area contributed by atoms with Gasteiger partial charge in [0.2, 0.25) is 0 Å². The lowest BCUT2D eigenvalue weighted by Gasteiger charge is -2.10. The zero-order valence-electron chi connectivity index (χ0n) is 9.01. The van der Waals surface area contributed by atoms with Crippen LogP contribution in [-0.2, 0) is 0 Å². The van der Waals surface area contributed by atoms with E-state index in [1.54, 1.807) is 6.92 Å². The quantitative estimate of drug-likeness (QED) is 0.604. The first-order chi connectivity index (χ1) is 7.95. The van der Waals surface area contributed by atoms with Gasteiger partial charge in [-0.1, -0.05) is 0 Å². The summed E-state index contributed by atoms with van der Waals surface area (Å²) in [6, 6.07) is 2.24. The van der Waals surface area contributed by atoms with E-state index in [0.29, 0.717) is 6.07 Å². The molecule has 0 saturated carbocycles. The van der Waals surface area contributed by atoms with Gasteiger partial charge in [-0.3, -0.25) is 14.9 Å². The zero-order chi connectivity index (χ0) is 13.0. The molecule has 1 amide bonds. The molecule has 92 valence electrons. The van der Waals surface area contributed by atoms with Crippen LogP contribution in [0, 0.1) is 15.9 Å². The Kier molecular flexibility index (Phi) is 4.11. The molecule has 0 aliphatic carbocycles. The van der Waals surface area contributed by atoms with Crippen molar-refractivity contribution in [1.29, 1.82) is 0 Å². The average molecular weight is 242 g/mol. The Labute approximate surface area is 96.2 Å². The second kappa shape index (κ2) is 5.35. The highest BCUT2D eigenvalue weighted by atomic mass is 19.1. The van der Waals surface area contributed by atoms with Gasteiger partial charge in [0.1, 0.15) is 5.82 Å². The highest BCUT2D eigenvalue weighted by molar-refractivity contribution is 5.94. The Hall–Kier alpha value is -2.02. The summed E-state index contributed by atoms with van der Waals surface area (Å²) in [7, 11) is 0. The molecule has 0 aliphatic heterocycles. The molecule has 1 rings (SSSR count). The lowest BCUT2D eigenvalue weighted by molar-refractivity contribution is -0.385. The smallest absolute Gasteiger partial charge is 0.272 e. The van der Waals surface area contributed by atoms with Crippen LogP contribution in [0.1, 0.15) is 17.3 Å². The van der Waals surface area contributed by atoms with Gasteiger partial charge < -0.3 is 10.4 Å². The number of carbonyl (C=O) groups is 1. The molecule has 0 aliphatic rings. The number of hydrogen-bond acceptors (Lipinski definition) is 4. The van der Waals surface area contributed by atoms with Gasteiger partial charge in [-0.15, -0.1) is 0 Å². The van der Waals surface area contributed by atoms with Gasteiger partial charge in [0.05, 0.1) is 23.2 Å². The van der Waals surface area contributed by atoms with Crippen LogP contribution in [0.5, 0.6) is 0 Å². The molecule has 0 fully saturated rings. The first kappa shape index (κ1) is 13.0. The van der Waals surface area contributed by atoms with Crippen LogP contribution in [0.2, 0.25) is 0 Å². The van der Waals surface area contributed by atoms with Crippen LogP contribution in [-0.4, -0.2) is 28.6 Å². The number of nitrogens with zero attached hydrogens (tertiary/aromatic N) is 1. The van der Waals surface area contributed by atoms with E-state index in [1.165, 1.54) is 0 Å². The van der Waals surface area contributed by atoms with Gasteiger partial charge in [0, 0.05) is 12.1 Å². The summed E-state index contributed by atoms with van der Waals surface area (Å²) in [5, 5.41) is 21.4. The number of nitro benzene ring substituents is 1. The lowest BCUT2D eigenvalue weighted by atomic mass is 10.1. The molecule has 1 aromatic rings. The van der Waals surface area contributed by atoms with E-state index in [0.717, 1.165) is 12.1 Å². The SMILES string of the molecule is C[C@@H](CO)NC(=O)c1ccc([N+](=O)[O-])cc1F. The minimum Gasteiger partial charge on any atom is -0.394 e. The van der Waals surface area contributed by atoms with Gasteiger partial charge in [0.25, 0.3) is 11.6 Å². The highest BCUT2D eigenvalue weighted by Crippen LogP contribution is 2.16. The summed E-state index contributed by atoms with van der Waals surface area (Å²) in [6.07, 6.45) is 0. The van der Waals surface area contributed by atoms with Crippen LogP contribution in [0.4, 0.5) is 10.1 Å². The van der Waals surface area contributed by atoms with Crippen molar-refractivity contribution in [3.63, 3.8) is 0 Å². The first-order valence-corrected chi connectivity index (χ1v) is 4.81. The Morgan fingerprint density at radius 1 is 1.65 bits per heavy atom. The number of nitro groups is 1. The summed E-state index contributed by atoms with van der Waals surface area (Å²) in [5.74, 6) is -1.69. The predicted molar refractivity (Wildman–Crippen MR) is 57.1 cm³/mol. The number of aliphatic hydroxyl groups is 1. The fourth-order valence-corrected chi connectivity index (χ4v) is 1.15. The monoisotopic (exact) mass is 242 g/mol. The fraction of sp³-hybridized carbons (Fsp3) is 0.300. The number of non-ortho nitro benzene ring substituents is 1. The van der Waals surface area contributed by atoms with E-state index in [1.807, 2.05) is 0 Å². The fourth-order valence-electron chi connectivity index (χ4n) is 1.15. The van der Waals surface area contributed by atoms with E-state index in [2.05, 4.69) is 5.32 Å². The van der Waals surface area contributed by atoms with Crippen molar-refractivity contribution >= 4 is 11.6 Å². The summed E-state index contributed by atoms with van der Waals surface area (Å²) >= 11 is 0. The van der Waals surface area contributed by atoms with Crippen LogP contribution in [0.3, 0.4) is 0 Å². The van der Waals surface area contributed by atoms with E-state index in [4.69, 9.17) is 5.11 Å². The van der Waals surface area contributed by atoms with E-state index >= 15 is 0 Å². The minimum atomic E-state index is -0.971. The molecule has 0 spiro atoms. The number of aliphatic hydroxyl groups excluding tert-OH is 1. The third-order valence-corrected chi connectivity index (χ3v) is 2.06. The Morgan fingerprint density at radius 2 is 2.29 bits per heavy atom. The molecule has 17 heavy (non-hydrogen) atoms. The van der Waals surface area contributed by atoms with Crippen molar-refractivity contribution in [3.05, 3.63) is 39.7 Å². The Balaban J connectivity index is 2.92. The standard InChI is InChI=1S/C10H11FN2O4/c1-6(5-14)12-10(15)8-3-2-7(13(16)17)4-9(8)11/h2-4,6,14H,5H2,1H3,(H,12,15)/t6-/m0/s1. The molecule has 2 N–H and O–H groups in total. The van der Waals surface area contributed by atoms with E-state index < -0.39 is 28.4 Å². The number of amides is 1. The van der Waals surface area contributed by atoms with Crippen molar-refractivity contribution in [3.8, 4) is 0 Å². The number of rotatable bonds is 4. The summed E-state index contributed by atoms with van der Waals surface area (Å²) < 4.78 is 13.4. The molecule has 7 heteroatoms. The lowest BCUT2D eigenvalue weighted by Crippen LogP contribution is -2.35. The molecule has 0 radical (unpaired) electrons. The van der Waals surface area contributed by atoms with Gasteiger partial charge in [-0.2, -0.15) is 0 Å². The first-order valence-electron chi connectivity index (χ1n) is 4.81. The molecule has 0 bridgehead atoms. The predicted octanol–water partition coefficient (Wildman–Crippen LogP) is 0.845. The molecule has 0 saturated heterocycles. The second-order valence-corrected chi connectivity index (χ2v) is 3.48. The van der Waals surface area contributed by atoms with Crippen molar-refractivity contribution in [2.24, 2.45) is 0 Å². The molecule has 1 atom stereocenters. The van der Waals surface area contributed by atoms with E-state index in [-0.39, 0.29) is 12.2 Å². The minimum absolute atomic E-state index is 0.277. The van der Waals surface area contributed by atoms with Crippen LogP contribution < -0.4 is 5.32 Å². The van der Waals surface area contributed by atoms with Crippen LogP contribution in [0.25, 0.3) is 0 Å². The van der Waals surface area contributed by atoms with Crippen molar-refractivity contribution < 1.29 is 19.2 Å². The largest absolute Gasteiger partial charge is 0.394 e. The third-order valence-electron chi connectivity index (χ3n) is 2.06. The van der Waals surface area contributed by atoms with Crippen LogP contribution in [0.15, 0.2) is 18.2 Å². The van der Waals surface area contributed by atoms with Gasteiger partial charge in [-0.05, 0) is 13.0 Å². The topological polar surface area (TPSA) is 92.5 Å². The zero-order valence-corrected chi connectivity index (χ0v) is 9.01. The van der Waals surface area contributed by atoms with Crippen molar-refractivity contribution in [2.75, 3.05) is 6.61 Å². The molecule has 6 nitrogen and oxygen atoms in total. The summed E-state index contributed by atoms with van der Waals surface area (Å²) in [5.41, 5.74) is -0.717. The molecule has 1 aromatic carbocycles. The summed E-state index contributed by atoms with van der Waals surface area (Å²) in [6.45, 7) is 1.27. The maximum atomic E-state index is 13.4. The van der Waals surface area contributed by atoms with E-state index in [9.17, 15) is 19.3 Å². The maximum absolute atomic E-state index is 13.4. The summed E-state index contributed by atoms with van der Waals surface area (Å²) in [4.78, 5) is 21.1. The van der Waals surface area contributed by atoms with Gasteiger partial charge >= 0.3 is 0 Å². The van der Waals surface area contributed by atoms with Gasteiger partial charge in [-0.25, -0.2) is 4.39 Å². The average Bonchev–Trinajstić information content (AvgIpc) is 2.28. The molecule has 0 unspecified atom stereocenters. The number of hydrogen-bond donors (Lipinski definition) is 2. The highest BCUT2D eigenvalue weighted by Gasteiger charge is 2.17. The van der Waals surface area contributed by atoms with Gasteiger partial charge in [0.15, 0.2) is 0 Å². The van der Waals surface area contributed by atoms with Crippen LogP contribution >= 0.6 is 0 Å². The molecule has 0 heterocycles. The number of nitrogens with one attached hydrogen (secondary N) is 1. The number of carbonyl (C=O) groups excluding carboxylic acids is 1. The maximum Gasteiger partial charge on any atom is 0.272 e. The Bertz CT molecular complexity index is 450.